The third-order valence-electron chi connectivity index (χ3n) is 5.26. The molecular weight excluding hydrogens is 390 g/mol. The summed E-state index contributed by atoms with van der Waals surface area (Å²) in [5.74, 6) is 0.478. The van der Waals surface area contributed by atoms with Crippen LogP contribution in [0.15, 0.2) is 54.6 Å². The second-order valence-electron chi connectivity index (χ2n) is 7.56. The summed E-state index contributed by atoms with van der Waals surface area (Å²) in [6.07, 6.45) is 0.191. The standard InChI is InChI=1S/C23H25N7O/c1-15-20(16(2)30-23(25-15)27-22(24)28-30)13-21(31)26-18-9-11-19(12-10-18)29(3)14-17-7-5-4-6-8-17/h4-12H,13-14H2,1-3H3,(H2,24,28)(H,26,31). The number of anilines is 3. The van der Waals surface area contributed by atoms with Gasteiger partial charge in [-0.15, -0.1) is 5.10 Å². The van der Waals surface area contributed by atoms with E-state index in [1.807, 2.05) is 63.4 Å². The average molecular weight is 416 g/mol. The Hall–Kier alpha value is -3.94. The lowest BCUT2D eigenvalue weighted by molar-refractivity contribution is -0.115. The molecule has 0 radical (unpaired) electrons. The van der Waals surface area contributed by atoms with E-state index in [2.05, 4.69) is 37.4 Å². The van der Waals surface area contributed by atoms with Crippen LogP contribution in [0.1, 0.15) is 22.5 Å². The van der Waals surface area contributed by atoms with Crippen molar-refractivity contribution in [2.75, 3.05) is 23.0 Å². The van der Waals surface area contributed by atoms with Gasteiger partial charge in [-0.1, -0.05) is 30.3 Å². The van der Waals surface area contributed by atoms with E-state index in [9.17, 15) is 4.79 Å². The summed E-state index contributed by atoms with van der Waals surface area (Å²) >= 11 is 0. The molecular formula is C23H25N7O. The van der Waals surface area contributed by atoms with E-state index in [0.717, 1.165) is 34.9 Å². The molecule has 8 nitrogen and oxygen atoms in total. The third-order valence-corrected chi connectivity index (χ3v) is 5.26. The quantitative estimate of drug-likeness (QED) is 0.502. The monoisotopic (exact) mass is 415 g/mol. The van der Waals surface area contributed by atoms with Gasteiger partial charge in [-0.05, 0) is 43.7 Å². The maximum Gasteiger partial charge on any atom is 0.254 e. The van der Waals surface area contributed by atoms with E-state index in [4.69, 9.17) is 5.73 Å². The molecule has 0 bridgehead atoms. The molecule has 2 heterocycles. The first-order valence-corrected chi connectivity index (χ1v) is 10.0. The van der Waals surface area contributed by atoms with E-state index in [1.165, 1.54) is 5.56 Å². The second-order valence-corrected chi connectivity index (χ2v) is 7.56. The summed E-state index contributed by atoms with van der Waals surface area (Å²) in [5, 5.41) is 7.11. The number of carbonyl (C=O) groups is 1. The van der Waals surface area contributed by atoms with Gasteiger partial charge < -0.3 is 16.0 Å². The third kappa shape index (κ3) is 4.48. The summed E-state index contributed by atoms with van der Waals surface area (Å²) in [5.41, 5.74) is 11.1. The van der Waals surface area contributed by atoms with Gasteiger partial charge in [0, 0.05) is 41.9 Å². The predicted octanol–water partition coefficient (Wildman–Crippen LogP) is 3.14. The van der Waals surface area contributed by atoms with Crippen molar-refractivity contribution in [3.8, 4) is 0 Å². The molecule has 0 fully saturated rings. The van der Waals surface area contributed by atoms with Gasteiger partial charge in [-0.2, -0.15) is 9.50 Å². The molecule has 0 saturated heterocycles. The molecule has 2 aromatic carbocycles. The fourth-order valence-electron chi connectivity index (χ4n) is 3.59. The Bertz CT molecular complexity index is 1220. The molecule has 8 heteroatoms. The second kappa shape index (κ2) is 8.43. The normalized spacial score (nSPS) is 10.9. The van der Waals surface area contributed by atoms with Crippen LogP contribution >= 0.6 is 0 Å². The highest BCUT2D eigenvalue weighted by molar-refractivity contribution is 5.92. The van der Waals surface area contributed by atoms with Crippen molar-refractivity contribution in [3.05, 3.63) is 77.1 Å². The van der Waals surface area contributed by atoms with Gasteiger partial charge in [-0.25, -0.2) is 4.98 Å². The molecule has 158 valence electrons. The summed E-state index contributed by atoms with van der Waals surface area (Å²) in [4.78, 5) is 23.3. The SMILES string of the molecule is Cc1nc2nc(N)nn2c(C)c1CC(=O)Nc1ccc(N(C)Cc2ccccc2)cc1. The van der Waals surface area contributed by atoms with Crippen molar-refractivity contribution in [1.82, 2.24) is 19.6 Å². The highest BCUT2D eigenvalue weighted by Crippen LogP contribution is 2.20. The lowest BCUT2D eigenvalue weighted by Gasteiger charge is -2.20. The molecule has 31 heavy (non-hydrogen) atoms. The lowest BCUT2D eigenvalue weighted by Crippen LogP contribution is -2.18. The average Bonchev–Trinajstić information content (AvgIpc) is 3.12. The molecule has 0 aliphatic rings. The largest absolute Gasteiger partial charge is 0.370 e. The maximum absolute atomic E-state index is 12.7. The van der Waals surface area contributed by atoms with Crippen LogP contribution in [0.2, 0.25) is 0 Å². The molecule has 2 aromatic heterocycles. The molecule has 1 amide bonds. The Kier molecular flexibility index (Phi) is 5.53. The summed E-state index contributed by atoms with van der Waals surface area (Å²) < 4.78 is 1.57. The van der Waals surface area contributed by atoms with Crippen LogP contribution in [0.3, 0.4) is 0 Å². The first-order valence-electron chi connectivity index (χ1n) is 10.0. The van der Waals surface area contributed by atoms with Crippen LogP contribution < -0.4 is 16.0 Å². The molecule has 0 unspecified atom stereocenters. The molecule has 0 atom stereocenters. The number of rotatable bonds is 6. The molecule has 0 saturated carbocycles. The Morgan fingerprint density at radius 1 is 1.06 bits per heavy atom. The number of nitrogens with one attached hydrogen (secondary N) is 1. The molecule has 0 aliphatic carbocycles. The number of aromatic nitrogens is 4. The van der Waals surface area contributed by atoms with Crippen LogP contribution in [0.25, 0.3) is 5.78 Å². The number of nitrogens with two attached hydrogens (primary N) is 1. The van der Waals surface area contributed by atoms with Gasteiger partial charge in [0.05, 0.1) is 6.42 Å². The topological polar surface area (TPSA) is 101 Å². The number of nitrogens with zero attached hydrogens (tertiary/aromatic N) is 5. The van der Waals surface area contributed by atoms with Crippen molar-refractivity contribution in [1.29, 1.82) is 0 Å². The van der Waals surface area contributed by atoms with Crippen molar-refractivity contribution < 1.29 is 4.79 Å². The van der Waals surface area contributed by atoms with E-state index in [0.29, 0.717) is 5.78 Å². The van der Waals surface area contributed by atoms with Gasteiger partial charge in [0.15, 0.2) is 0 Å². The van der Waals surface area contributed by atoms with Gasteiger partial charge in [0.1, 0.15) is 0 Å². The highest BCUT2D eigenvalue weighted by Gasteiger charge is 2.15. The van der Waals surface area contributed by atoms with Crippen molar-refractivity contribution in [2.45, 2.75) is 26.8 Å². The van der Waals surface area contributed by atoms with E-state index < -0.39 is 0 Å². The van der Waals surface area contributed by atoms with Crippen LogP contribution in [-0.4, -0.2) is 32.5 Å². The van der Waals surface area contributed by atoms with Crippen LogP contribution in [0, 0.1) is 13.8 Å². The number of aryl methyl sites for hydroxylation is 2. The van der Waals surface area contributed by atoms with E-state index >= 15 is 0 Å². The predicted molar refractivity (Wildman–Crippen MR) is 122 cm³/mol. The number of fused-ring (bicyclic) bond motifs is 1. The van der Waals surface area contributed by atoms with E-state index in [-0.39, 0.29) is 18.3 Å². The highest BCUT2D eigenvalue weighted by atomic mass is 16.1. The van der Waals surface area contributed by atoms with Crippen LogP contribution in [0.4, 0.5) is 17.3 Å². The minimum Gasteiger partial charge on any atom is -0.370 e. The number of nitrogen functional groups attached to an aromatic ring is 1. The number of amides is 1. The maximum atomic E-state index is 12.7. The van der Waals surface area contributed by atoms with Crippen molar-refractivity contribution in [3.63, 3.8) is 0 Å². The molecule has 3 N–H and O–H groups in total. The van der Waals surface area contributed by atoms with Gasteiger partial charge >= 0.3 is 0 Å². The first-order chi connectivity index (χ1) is 14.9. The van der Waals surface area contributed by atoms with Crippen molar-refractivity contribution >= 4 is 29.0 Å². The molecule has 0 aliphatic heterocycles. The minimum atomic E-state index is -0.120. The zero-order chi connectivity index (χ0) is 22.0. The lowest BCUT2D eigenvalue weighted by atomic mass is 10.1. The summed E-state index contributed by atoms with van der Waals surface area (Å²) in [6, 6.07) is 18.1. The fourth-order valence-corrected chi connectivity index (χ4v) is 3.59. The Morgan fingerprint density at radius 2 is 1.77 bits per heavy atom. The number of hydrogen-bond donors (Lipinski definition) is 2. The Balaban J connectivity index is 1.43. The molecule has 0 spiro atoms. The molecule has 4 rings (SSSR count). The summed E-state index contributed by atoms with van der Waals surface area (Å²) in [6.45, 7) is 4.56. The van der Waals surface area contributed by atoms with Gasteiger partial charge in [0.25, 0.3) is 5.78 Å². The van der Waals surface area contributed by atoms with Crippen molar-refractivity contribution in [2.24, 2.45) is 0 Å². The minimum absolute atomic E-state index is 0.120. The number of hydrogen-bond acceptors (Lipinski definition) is 6. The van der Waals surface area contributed by atoms with Gasteiger partial charge in [0.2, 0.25) is 11.9 Å². The smallest absolute Gasteiger partial charge is 0.254 e. The van der Waals surface area contributed by atoms with Gasteiger partial charge in [-0.3, -0.25) is 4.79 Å². The van der Waals surface area contributed by atoms with Crippen LogP contribution in [-0.2, 0) is 17.8 Å². The summed E-state index contributed by atoms with van der Waals surface area (Å²) in [7, 11) is 2.05. The van der Waals surface area contributed by atoms with E-state index in [1.54, 1.807) is 4.52 Å². The zero-order valence-corrected chi connectivity index (χ0v) is 17.8. The van der Waals surface area contributed by atoms with Crippen LogP contribution in [0.5, 0.6) is 0 Å². The fraction of sp³-hybridized carbons (Fsp3) is 0.217. The zero-order valence-electron chi connectivity index (χ0n) is 17.8. The Morgan fingerprint density at radius 3 is 2.48 bits per heavy atom. The first kappa shape index (κ1) is 20.3. The number of benzene rings is 2. The Labute approximate surface area is 180 Å². The number of carbonyl (C=O) groups excluding carboxylic acids is 1. The molecule has 4 aromatic rings.